The highest BCUT2D eigenvalue weighted by atomic mass is 32.1. The molecule has 14 heavy (non-hydrogen) atoms. The average Bonchev–Trinajstić information content (AvgIpc) is 2.69. The number of aryl methyl sites for hydroxylation is 1. The summed E-state index contributed by atoms with van der Waals surface area (Å²) < 4.78 is 5.49. The molecule has 0 aromatic carbocycles. The van der Waals surface area contributed by atoms with Crippen LogP contribution in [0.1, 0.15) is 36.1 Å². The first-order valence-electron chi connectivity index (χ1n) is 5.55. The van der Waals surface area contributed by atoms with E-state index in [-0.39, 0.29) is 0 Å². The summed E-state index contributed by atoms with van der Waals surface area (Å²) in [5.74, 6) is 0. The van der Waals surface area contributed by atoms with E-state index in [0.29, 0.717) is 5.41 Å². The molecule has 2 heterocycles. The fraction of sp³-hybridized carbons (Fsp3) is 0.667. The van der Waals surface area contributed by atoms with Crippen LogP contribution in [0.2, 0.25) is 0 Å². The minimum atomic E-state index is 0.514. The maximum Gasteiger partial charge on any atom is 0.0474 e. The van der Waals surface area contributed by atoms with Crippen molar-refractivity contribution in [1.29, 1.82) is 0 Å². The van der Waals surface area contributed by atoms with Gasteiger partial charge in [-0.25, -0.2) is 0 Å². The number of hydrogen-bond acceptors (Lipinski definition) is 2. The van der Waals surface area contributed by atoms with Gasteiger partial charge in [0.2, 0.25) is 0 Å². The zero-order chi connectivity index (χ0) is 9.43. The Kier molecular flexibility index (Phi) is 2.14. The van der Waals surface area contributed by atoms with Gasteiger partial charge in [0.1, 0.15) is 0 Å². The van der Waals surface area contributed by atoms with E-state index in [4.69, 9.17) is 4.74 Å². The molecule has 2 aliphatic rings. The Morgan fingerprint density at radius 1 is 1.21 bits per heavy atom. The van der Waals surface area contributed by atoms with Gasteiger partial charge in [0.25, 0.3) is 0 Å². The van der Waals surface area contributed by atoms with Crippen LogP contribution in [0, 0.1) is 0 Å². The first-order chi connectivity index (χ1) is 6.91. The SMILES string of the molecule is c1cc2c(s1)C1(CCC2)CCOCC1. The van der Waals surface area contributed by atoms with Gasteiger partial charge >= 0.3 is 0 Å². The molecule has 1 aromatic rings. The van der Waals surface area contributed by atoms with Crippen LogP contribution >= 0.6 is 11.3 Å². The summed E-state index contributed by atoms with van der Waals surface area (Å²) in [6.45, 7) is 1.94. The van der Waals surface area contributed by atoms with Crippen molar-refractivity contribution in [3.63, 3.8) is 0 Å². The monoisotopic (exact) mass is 208 g/mol. The minimum Gasteiger partial charge on any atom is -0.381 e. The van der Waals surface area contributed by atoms with Crippen molar-refractivity contribution in [2.45, 2.75) is 37.5 Å². The van der Waals surface area contributed by atoms with Crippen molar-refractivity contribution in [1.82, 2.24) is 0 Å². The predicted molar refractivity (Wildman–Crippen MR) is 59.0 cm³/mol. The Morgan fingerprint density at radius 3 is 2.93 bits per heavy atom. The van der Waals surface area contributed by atoms with Gasteiger partial charge in [-0.05, 0) is 49.1 Å². The van der Waals surface area contributed by atoms with Gasteiger partial charge in [0.05, 0.1) is 0 Å². The Bertz CT molecular complexity index is 323. The zero-order valence-electron chi connectivity index (χ0n) is 8.42. The maximum absolute atomic E-state index is 5.49. The molecule has 1 aliphatic carbocycles. The molecule has 3 rings (SSSR count). The van der Waals surface area contributed by atoms with Crippen LogP contribution in [0.15, 0.2) is 11.4 Å². The van der Waals surface area contributed by atoms with Gasteiger partial charge in [-0.3, -0.25) is 0 Å². The highest BCUT2D eigenvalue weighted by Gasteiger charge is 2.38. The molecule has 0 saturated carbocycles. The third kappa shape index (κ3) is 1.24. The molecule has 0 bridgehead atoms. The van der Waals surface area contributed by atoms with E-state index >= 15 is 0 Å². The number of fused-ring (bicyclic) bond motifs is 2. The molecule has 1 fully saturated rings. The van der Waals surface area contributed by atoms with E-state index in [9.17, 15) is 0 Å². The van der Waals surface area contributed by atoms with Gasteiger partial charge in [-0.1, -0.05) is 0 Å². The van der Waals surface area contributed by atoms with Crippen LogP contribution in [-0.4, -0.2) is 13.2 Å². The third-order valence-electron chi connectivity index (χ3n) is 3.78. The molecule has 0 radical (unpaired) electrons. The quantitative estimate of drug-likeness (QED) is 0.636. The molecular weight excluding hydrogens is 192 g/mol. The Balaban J connectivity index is 2.01. The second kappa shape index (κ2) is 3.35. The van der Waals surface area contributed by atoms with Crippen molar-refractivity contribution in [2.24, 2.45) is 0 Å². The van der Waals surface area contributed by atoms with E-state index in [1.165, 1.54) is 32.1 Å². The summed E-state index contributed by atoms with van der Waals surface area (Å²) in [5, 5.41) is 2.27. The number of hydrogen-bond donors (Lipinski definition) is 0. The lowest BCUT2D eigenvalue weighted by Crippen LogP contribution is -2.35. The van der Waals surface area contributed by atoms with Gasteiger partial charge in [0.15, 0.2) is 0 Å². The molecule has 1 saturated heterocycles. The van der Waals surface area contributed by atoms with E-state index in [0.717, 1.165) is 13.2 Å². The molecule has 0 N–H and O–H groups in total. The van der Waals surface area contributed by atoms with Crippen LogP contribution in [0.3, 0.4) is 0 Å². The van der Waals surface area contributed by atoms with E-state index in [1.54, 1.807) is 10.4 Å². The van der Waals surface area contributed by atoms with Crippen molar-refractivity contribution >= 4 is 11.3 Å². The minimum absolute atomic E-state index is 0.514. The number of thiophene rings is 1. The van der Waals surface area contributed by atoms with Gasteiger partial charge < -0.3 is 4.74 Å². The summed E-state index contributed by atoms with van der Waals surface area (Å²) >= 11 is 1.98. The lowest BCUT2D eigenvalue weighted by molar-refractivity contribution is 0.0451. The first kappa shape index (κ1) is 8.93. The fourth-order valence-electron chi connectivity index (χ4n) is 2.97. The largest absolute Gasteiger partial charge is 0.381 e. The number of rotatable bonds is 0. The highest BCUT2D eigenvalue weighted by molar-refractivity contribution is 7.10. The normalized spacial score (nSPS) is 24.9. The predicted octanol–water partition coefficient (Wildman–Crippen LogP) is 3.13. The number of ether oxygens (including phenoxy) is 1. The van der Waals surface area contributed by atoms with Crippen molar-refractivity contribution in [3.8, 4) is 0 Å². The molecule has 1 nitrogen and oxygen atoms in total. The third-order valence-corrected chi connectivity index (χ3v) is 4.98. The van der Waals surface area contributed by atoms with Crippen LogP contribution in [0.4, 0.5) is 0 Å². The second-order valence-corrected chi connectivity index (χ2v) is 5.44. The molecule has 0 unspecified atom stereocenters. The van der Waals surface area contributed by atoms with Crippen molar-refractivity contribution < 1.29 is 4.74 Å². The summed E-state index contributed by atoms with van der Waals surface area (Å²) in [6, 6.07) is 2.33. The van der Waals surface area contributed by atoms with E-state index < -0.39 is 0 Å². The molecule has 1 spiro atoms. The molecule has 1 aromatic heterocycles. The second-order valence-electron chi connectivity index (χ2n) is 4.52. The summed E-state index contributed by atoms with van der Waals surface area (Å²) in [7, 11) is 0. The standard InChI is InChI=1S/C12H16OS/c1-2-10-3-9-14-11(10)12(4-1)5-7-13-8-6-12/h3,9H,1-2,4-8H2. The Morgan fingerprint density at radius 2 is 2.07 bits per heavy atom. The zero-order valence-corrected chi connectivity index (χ0v) is 9.24. The average molecular weight is 208 g/mol. The Hall–Kier alpha value is -0.340. The maximum atomic E-state index is 5.49. The van der Waals surface area contributed by atoms with Crippen molar-refractivity contribution in [3.05, 3.63) is 21.9 Å². The van der Waals surface area contributed by atoms with Crippen molar-refractivity contribution in [2.75, 3.05) is 13.2 Å². The van der Waals surface area contributed by atoms with E-state index in [2.05, 4.69) is 11.4 Å². The molecule has 1 aliphatic heterocycles. The summed E-state index contributed by atoms with van der Waals surface area (Å²) in [4.78, 5) is 1.69. The van der Waals surface area contributed by atoms with Crippen LogP contribution in [0.5, 0.6) is 0 Å². The fourth-order valence-corrected chi connectivity index (χ4v) is 4.21. The molecule has 0 atom stereocenters. The van der Waals surface area contributed by atoms with Crippen LogP contribution < -0.4 is 0 Å². The smallest absolute Gasteiger partial charge is 0.0474 e. The van der Waals surface area contributed by atoms with E-state index in [1.807, 2.05) is 11.3 Å². The lowest BCUT2D eigenvalue weighted by atomic mass is 9.70. The van der Waals surface area contributed by atoms with Crippen LogP contribution in [0.25, 0.3) is 0 Å². The van der Waals surface area contributed by atoms with Crippen LogP contribution in [-0.2, 0) is 16.6 Å². The molecule has 2 heteroatoms. The summed E-state index contributed by atoms with van der Waals surface area (Å²) in [5.41, 5.74) is 2.14. The van der Waals surface area contributed by atoms with Gasteiger partial charge in [-0.15, -0.1) is 11.3 Å². The molecule has 76 valence electrons. The topological polar surface area (TPSA) is 9.23 Å². The van der Waals surface area contributed by atoms with Gasteiger partial charge in [0, 0.05) is 23.5 Å². The summed E-state index contributed by atoms with van der Waals surface area (Å²) in [6.07, 6.45) is 6.58. The molecular formula is C12H16OS. The molecule has 0 amide bonds. The Labute approximate surface area is 89.1 Å². The van der Waals surface area contributed by atoms with Gasteiger partial charge in [-0.2, -0.15) is 0 Å². The highest BCUT2D eigenvalue weighted by Crippen LogP contribution is 2.46. The lowest BCUT2D eigenvalue weighted by Gasteiger charge is -2.40. The first-order valence-corrected chi connectivity index (χ1v) is 6.43.